The van der Waals surface area contributed by atoms with Crippen LogP contribution < -0.4 is 0 Å². The first kappa shape index (κ1) is 12.4. The number of carbonyl (C=O) groups excluding carboxylic acids is 1. The van der Waals surface area contributed by atoms with Gasteiger partial charge in [0, 0.05) is 25.8 Å². The van der Waals surface area contributed by atoms with Crippen molar-refractivity contribution in [2.45, 2.75) is 12.8 Å². The molecule has 1 saturated heterocycles. The Kier molecular flexibility index (Phi) is 4.53. The van der Waals surface area contributed by atoms with Crippen molar-refractivity contribution in [1.29, 1.82) is 0 Å². The molecule has 0 aliphatic carbocycles. The largest absolute Gasteiger partial charge is 0.378 e. The summed E-state index contributed by atoms with van der Waals surface area (Å²) in [5.41, 5.74) is 0. The number of ether oxygens (including phenoxy) is 1. The molecule has 0 aromatic rings. The van der Waals surface area contributed by atoms with Crippen LogP contribution in [0, 0.1) is 0 Å². The summed E-state index contributed by atoms with van der Waals surface area (Å²) in [6.07, 6.45) is 1.91. The summed E-state index contributed by atoms with van der Waals surface area (Å²) in [7, 11) is -2.95. The van der Waals surface area contributed by atoms with Crippen LogP contribution in [0.5, 0.6) is 0 Å². The molecule has 0 unspecified atom stereocenters. The van der Waals surface area contributed by atoms with E-state index in [9.17, 15) is 13.2 Å². The van der Waals surface area contributed by atoms with Gasteiger partial charge in [0.15, 0.2) is 0 Å². The third kappa shape index (κ3) is 5.13. The maximum Gasteiger partial charge on any atom is 0.222 e. The van der Waals surface area contributed by atoms with E-state index in [2.05, 4.69) is 0 Å². The summed E-state index contributed by atoms with van der Waals surface area (Å²) in [5, 5.41) is 0. The summed E-state index contributed by atoms with van der Waals surface area (Å²) in [6, 6.07) is 0. The third-order valence-electron chi connectivity index (χ3n) is 2.27. The van der Waals surface area contributed by atoms with E-state index >= 15 is 0 Å². The van der Waals surface area contributed by atoms with Crippen molar-refractivity contribution in [1.82, 2.24) is 4.90 Å². The zero-order valence-corrected chi connectivity index (χ0v) is 9.75. The van der Waals surface area contributed by atoms with Crippen molar-refractivity contribution in [3.8, 4) is 0 Å². The van der Waals surface area contributed by atoms with Crippen molar-refractivity contribution >= 4 is 15.7 Å². The molecule has 6 heteroatoms. The highest BCUT2D eigenvalue weighted by Crippen LogP contribution is 2.03. The van der Waals surface area contributed by atoms with Gasteiger partial charge in [-0.25, -0.2) is 8.42 Å². The zero-order chi connectivity index (χ0) is 11.3. The Bertz CT molecular complexity index is 306. The first-order chi connectivity index (χ1) is 6.99. The molecule has 1 aliphatic rings. The SMILES string of the molecule is CS(=O)(=O)CCCC(=O)N1CCOCC1. The average molecular weight is 235 g/mol. The first-order valence-electron chi connectivity index (χ1n) is 5.02. The van der Waals surface area contributed by atoms with E-state index in [1.165, 1.54) is 6.26 Å². The molecule has 1 aliphatic heterocycles. The van der Waals surface area contributed by atoms with Crippen LogP contribution >= 0.6 is 0 Å². The van der Waals surface area contributed by atoms with E-state index < -0.39 is 9.84 Å². The number of amides is 1. The number of sulfone groups is 1. The predicted octanol–water partition coefficient (Wildman–Crippen LogP) is -0.330. The molecule has 0 aromatic heterocycles. The molecule has 1 heterocycles. The number of morpholine rings is 1. The van der Waals surface area contributed by atoms with E-state index in [0.29, 0.717) is 39.1 Å². The predicted molar refractivity (Wildman–Crippen MR) is 56.3 cm³/mol. The summed E-state index contributed by atoms with van der Waals surface area (Å²) in [5.74, 6) is 0.116. The molecule has 15 heavy (non-hydrogen) atoms. The number of rotatable bonds is 4. The molecule has 0 radical (unpaired) electrons. The Morgan fingerprint density at radius 3 is 2.47 bits per heavy atom. The highest BCUT2D eigenvalue weighted by atomic mass is 32.2. The fraction of sp³-hybridized carbons (Fsp3) is 0.889. The van der Waals surface area contributed by atoms with Gasteiger partial charge in [0.05, 0.1) is 19.0 Å². The molecule has 0 atom stereocenters. The van der Waals surface area contributed by atoms with Gasteiger partial charge in [-0.2, -0.15) is 0 Å². The van der Waals surface area contributed by atoms with Gasteiger partial charge in [-0.3, -0.25) is 4.79 Å². The van der Waals surface area contributed by atoms with Crippen molar-refractivity contribution in [2.24, 2.45) is 0 Å². The van der Waals surface area contributed by atoms with Crippen LogP contribution in [0.4, 0.5) is 0 Å². The minimum atomic E-state index is -2.95. The van der Waals surface area contributed by atoms with E-state index in [-0.39, 0.29) is 11.7 Å². The van der Waals surface area contributed by atoms with Crippen LogP contribution in [0.2, 0.25) is 0 Å². The van der Waals surface area contributed by atoms with Crippen LogP contribution in [-0.4, -0.2) is 57.5 Å². The summed E-state index contributed by atoms with van der Waals surface area (Å²) >= 11 is 0. The normalized spacial score (nSPS) is 17.8. The zero-order valence-electron chi connectivity index (χ0n) is 8.94. The van der Waals surface area contributed by atoms with Crippen LogP contribution in [0.25, 0.3) is 0 Å². The molecule has 0 saturated carbocycles. The molecular formula is C9H17NO4S. The molecule has 88 valence electrons. The van der Waals surface area contributed by atoms with Gasteiger partial charge in [0.25, 0.3) is 0 Å². The molecular weight excluding hydrogens is 218 g/mol. The van der Waals surface area contributed by atoms with Gasteiger partial charge >= 0.3 is 0 Å². The first-order valence-corrected chi connectivity index (χ1v) is 7.08. The monoisotopic (exact) mass is 235 g/mol. The number of hydrogen-bond acceptors (Lipinski definition) is 4. The fourth-order valence-corrected chi connectivity index (χ4v) is 2.13. The smallest absolute Gasteiger partial charge is 0.222 e. The molecule has 0 bridgehead atoms. The topological polar surface area (TPSA) is 63.7 Å². The van der Waals surface area contributed by atoms with Crippen LogP contribution in [0.1, 0.15) is 12.8 Å². The average Bonchev–Trinajstić information content (AvgIpc) is 2.17. The van der Waals surface area contributed by atoms with E-state index in [0.717, 1.165) is 0 Å². The van der Waals surface area contributed by atoms with Gasteiger partial charge in [-0.05, 0) is 6.42 Å². The Labute approximate surface area is 90.3 Å². The van der Waals surface area contributed by atoms with Gasteiger partial charge < -0.3 is 9.64 Å². The molecule has 0 aromatic carbocycles. The van der Waals surface area contributed by atoms with E-state index in [1.807, 2.05) is 0 Å². The third-order valence-corrected chi connectivity index (χ3v) is 3.30. The van der Waals surface area contributed by atoms with Gasteiger partial charge in [-0.1, -0.05) is 0 Å². The second kappa shape index (κ2) is 5.46. The molecule has 0 N–H and O–H groups in total. The lowest BCUT2D eigenvalue weighted by molar-refractivity contribution is -0.135. The molecule has 1 rings (SSSR count). The van der Waals surface area contributed by atoms with Crippen LogP contribution in [0.3, 0.4) is 0 Å². The van der Waals surface area contributed by atoms with Gasteiger partial charge in [0.2, 0.25) is 5.91 Å². The molecule has 5 nitrogen and oxygen atoms in total. The van der Waals surface area contributed by atoms with E-state index in [1.54, 1.807) is 4.90 Å². The lowest BCUT2D eigenvalue weighted by Crippen LogP contribution is -2.40. The Hall–Kier alpha value is -0.620. The maximum atomic E-state index is 11.6. The summed E-state index contributed by atoms with van der Waals surface area (Å²) in [4.78, 5) is 13.3. The van der Waals surface area contributed by atoms with Crippen LogP contribution in [-0.2, 0) is 19.4 Å². The second-order valence-corrected chi connectivity index (χ2v) is 5.99. The van der Waals surface area contributed by atoms with Crippen molar-refractivity contribution in [2.75, 3.05) is 38.3 Å². The molecule has 0 spiro atoms. The number of hydrogen-bond donors (Lipinski definition) is 0. The lowest BCUT2D eigenvalue weighted by Gasteiger charge is -2.26. The Morgan fingerprint density at radius 2 is 1.93 bits per heavy atom. The second-order valence-electron chi connectivity index (χ2n) is 3.73. The Balaban J connectivity index is 2.23. The highest BCUT2D eigenvalue weighted by Gasteiger charge is 2.16. The minimum absolute atomic E-state index is 0.0296. The van der Waals surface area contributed by atoms with Gasteiger partial charge in [-0.15, -0.1) is 0 Å². The number of nitrogens with zero attached hydrogens (tertiary/aromatic N) is 1. The van der Waals surface area contributed by atoms with Crippen molar-refractivity contribution in [3.63, 3.8) is 0 Å². The standard InChI is InChI=1S/C9H17NO4S/c1-15(12,13)8-2-3-9(11)10-4-6-14-7-5-10/h2-8H2,1H3. The Morgan fingerprint density at radius 1 is 1.33 bits per heavy atom. The van der Waals surface area contributed by atoms with Crippen molar-refractivity contribution < 1.29 is 17.9 Å². The summed E-state index contributed by atoms with van der Waals surface area (Å²) in [6.45, 7) is 2.41. The highest BCUT2D eigenvalue weighted by molar-refractivity contribution is 7.90. The molecule has 1 fully saturated rings. The van der Waals surface area contributed by atoms with Gasteiger partial charge in [0.1, 0.15) is 9.84 Å². The fourth-order valence-electron chi connectivity index (χ4n) is 1.46. The minimum Gasteiger partial charge on any atom is -0.378 e. The van der Waals surface area contributed by atoms with Crippen LogP contribution in [0.15, 0.2) is 0 Å². The van der Waals surface area contributed by atoms with Crippen molar-refractivity contribution in [3.05, 3.63) is 0 Å². The number of carbonyl (C=O) groups is 1. The maximum absolute atomic E-state index is 11.6. The summed E-state index contributed by atoms with van der Waals surface area (Å²) < 4.78 is 26.8. The lowest BCUT2D eigenvalue weighted by atomic mass is 10.3. The molecule has 1 amide bonds. The quantitative estimate of drug-likeness (QED) is 0.669. The van der Waals surface area contributed by atoms with E-state index in [4.69, 9.17) is 4.74 Å².